The largest absolute Gasteiger partial charge is 0.497 e. The lowest BCUT2D eigenvalue weighted by molar-refractivity contribution is 0.0997. The molecule has 37 heavy (non-hydrogen) atoms. The third-order valence-corrected chi connectivity index (χ3v) is 6.85. The number of amides is 2. The normalized spacial score (nSPS) is 14.2. The summed E-state index contributed by atoms with van der Waals surface area (Å²) < 4.78 is 11.0. The molecule has 2 heterocycles. The standard InChI is InChI=1S/C25H31N7O4S/c1-31-9-11-32(12-10-31)13-14-36-20-8-3-16(15-19(20)26)23(34)30-24-21(22(27)33)29-25(37-24)28-17-4-6-18(35-2)7-5-17/h3-8,15H,9-14,26H2,1-2H3,(H2,27,33)(H,28,29)(H,30,34). The predicted octanol–water partition coefficient (Wildman–Crippen LogP) is 2.45. The van der Waals surface area contributed by atoms with Gasteiger partial charge < -0.3 is 36.5 Å². The number of nitrogen functional groups attached to an aromatic ring is 1. The molecule has 0 aliphatic carbocycles. The van der Waals surface area contributed by atoms with Gasteiger partial charge in [-0.25, -0.2) is 4.98 Å². The number of ether oxygens (including phenoxy) is 2. The van der Waals surface area contributed by atoms with E-state index >= 15 is 0 Å². The highest BCUT2D eigenvalue weighted by Gasteiger charge is 2.20. The molecule has 0 bridgehead atoms. The summed E-state index contributed by atoms with van der Waals surface area (Å²) in [5, 5.41) is 6.45. The Morgan fingerprint density at radius 1 is 1.11 bits per heavy atom. The van der Waals surface area contributed by atoms with Gasteiger partial charge in [0.1, 0.15) is 23.1 Å². The van der Waals surface area contributed by atoms with E-state index < -0.39 is 11.8 Å². The van der Waals surface area contributed by atoms with E-state index in [1.54, 1.807) is 49.6 Å². The van der Waals surface area contributed by atoms with E-state index in [2.05, 4.69) is 32.5 Å². The molecule has 11 nitrogen and oxygen atoms in total. The fourth-order valence-corrected chi connectivity index (χ4v) is 4.66. The second kappa shape index (κ2) is 11.9. The van der Waals surface area contributed by atoms with Crippen LogP contribution in [0.4, 0.5) is 21.5 Å². The molecule has 0 atom stereocenters. The fourth-order valence-electron chi connectivity index (χ4n) is 3.78. The molecule has 1 fully saturated rings. The Morgan fingerprint density at radius 2 is 1.84 bits per heavy atom. The summed E-state index contributed by atoms with van der Waals surface area (Å²) in [7, 11) is 3.70. The number of carbonyl (C=O) groups excluding carboxylic acids is 2. The van der Waals surface area contributed by atoms with E-state index in [1.165, 1.54) is 0 Å². The summed E-state index contributed by atoms with van der Waals surface area (Å²) in [5.41, 5.74) is 13.0. The summed E-state index contributed by atoms with van der Waals surface area (Å²) in [6.45, 7) is 5.42. The molecule has 3 aromatic rings. The monoisotopic (exact) mass is 525 g/mol. The zero-order valence-electron chi connectivity index (χ0n) is 20.8. The SMILES string of the molecule is COc1ccc(Nc2nc(C(N)=O)c(NC(=O)c3ccc(OCCN4CCN(C)CC4)c(N)c3)s2)cc1. The number of thiazole rings is 1. The van der Waals surface area contributed by atoms with Crippen LogP contribution in [-0.4, -0.2) is 80.1 Å². The molecule has 1 aliphatic heterocycles. The first-order valence-electron chi connectivity index (χ1n) is 11.8. The van der Waals surface area contributed by atoms with Crippen LogP contribution < -0.4 is 31.6 Å². The third kappa shape index (κ3) is 6.88. The van der Waals surface area contributed by atoms with Crippen LogP contribution in [0.2, 0.25) is 0 Å². The number of benzene rings is 2. The summed E-state index contributed by atoms with van der Waals surface area (Å²) in [6, 6.07) is 12.0. The van der Waals surface area contributed by atoms with Gasteiger partial charge in [0, 0.05) is 44.0 Å². The molecule has 6 N–H and O–H groups in total. The van der Waals surface area contributed by atoms with Crippen LogP contribution >= 0.6 is 11.3 Å². The number of primary amides is 1. The van der Waals surface area contributed by atoms with Crippen LogP contribution in [0, 0.1) is 0 Å². The Bertz CT molecular complexity index is 1240. The van der Waals surface area contributed by atoms with Crippen molar-refractivity contribution in [3.63, 3.8) is 0 Å². The van der Waals surface area contributed by atoms with Crippen molar-refractivity contribution in [1.82, 2.24) is 14.8 Å². The molecule has 0 unspecified atom stereocenters. The van der Waals surface area contributed by atoms with Crippen molar-refractivity contribution in [3.8, 4) is 11.5 Å². The van der Waals surface area contributed by atoms with Crippen molar-refractivity contribution in [1.29, 1.82) is 0 Å². The maximum absolute atomic E-state index is 12.9. The van der Waals surface area contributed by atoms with Crippen LogP contribution in [0.1, 0.15) is 20.8 Å². The number of nitrogens with zero attached hydrogens (tertiary/aromatic N) is 3. The van der Waals surface area contributed by atoms with Gasteiger partial charge in [-0.2, -0.15) is 0 Å². The molecule has 0 spiro atoms. The first kappa shape index (κ1) is 26.2. The molecular weight excluding hydrogens is 494 g/mol. The molecule has 1 aliphatic rings. The van der Waals surface area contributed by atoms with E-state index in [0.29, 0.717) is 34.5 Å². The lowest BCUT2D eigenvalue weighted by Crippen LogP contribution is -2.45. The predicted molar refractivity (Wildman–Crippen MR) is 145 cm³/mol. The Labute approximate surface area is 219 Å². The topological polar surface area (TPSA) is 148 Å². The van der Waals surface area contributed by atoms with Crippen LogP contribution in [-0.2, 0) is 0 Å². The van der Waals surface area contributed by atoms with Gasteiger partial charge in [0.25, 0.3) is 11.8 Å². The van der Waals surface area contributed by atoms with Crippen LogP contribution in [0.3, 0.4) is 0 Å². The lowest BCUT2D eigenvalue weighted by atomic mass is 10.1. The average Bonchev–Trinajstić information content (AvgIpc) is 3.28. The average molecular weight is 526 g/mol. The maximum Gasteiger partial charge on any atom is 0.270 e. The number of carbonyl (C=O) groups is 2. The van der Waals surface area contributed by atoms with Gasteiger partial charge in [0.2, 0.25) is 0 Å². The van der Waals surface area contributed by atoms with E-state index in [0.717, 1.165) is 49.7 Å². The first-order valence-corrected chi connectivity index (χ1v) is 12.6. The minimum Gasteiger partial charge on any atom is -0.497 e. The summed E-state index contributed by atoms with van der Waals surface area (Å²) in [5.74, 6) is 0.0317. The van der Waals surface area contributed by atoms with Gasteiger partial charge >= 0.3 is 0 Å². The van der Waals surface area contributed by atoms with Gasteiger partial charge in [0.05, 0.1) is 12.8 Å². The molecule has 1 saturated heterocycles. The van der Waals surface area contributed by atoms with Crippen molar-refractivity contribution >= 4 is 44.7 Å². The van der Waals surface area contributed by atoms with Crippen molar-refractivity contribution in [3.05, 3.63) is 53.7 Å². The number of aromatic nitrogens is 1. The fraction of sp³-hybridized carbons (Fsp3) is 0.320. The number of piperazine rings is 1. The highest BCUT2D eigenvalue weighted by Crippen LogP contribution is 2.32. The van der Waals surface area contributed by atoms with Gasteiger partial charge in [-0.05, 0) is 49.5 Å². The van der Waals surface area contributed by atoms with Crippen LogP contribution in [0.5, 0.6) is 11.5 Å². The number of nitrogens with one attached hydrogen (secondary N) is 2. The van der Waals surface area contributed by atoms with E-state index in [4.69, 9.17) is 20.9 Å². The van der Waals surface area contributed by atoms with E-state index in [1.807, 2.05) is 0 Å². The number of likely N-dealkylation sites (N-methyl/N-ethyl adjacent to an activating group) is 1. The molecule has 1 aromatic heterocycles. The number of nitrogens with two attached hydrogens (primary N) is 2. The van der Waals surface area contributed by atoms with Gasteiger partial charge in [-0.15, -0.1) is 0 Å². The molecule has 196 valence electrons. The number of hydrogen-bond acceptors (Lipinski definition) is 10. The highest BCUT2D eigenvalue weighted by molar-refractivity contribution is 7.20. The quantitative estimate of drug-likeness (QED) is 0.293. The summed E-state index contributed by atoms with van der Waals surface area (Å²) >= 11 is 1.10. The summed E-state index contributed by atoms with van der Waals surface area (Å²) in [4.78, 5) is 33.7. The minimum absolute atomic E-state index is 0.0359. The van der Waals surface area contributed by atoms with Crippen molar-refractivity contribution in [2.75, 3.05) is 69.9 Å². The second-order valence-corrected chi connectivity index (χ2v) is 9.61. The smallest absolute Gasteiger partial charge is 0.270 e. The highest BCUT2D eigenvalue weighted by atomic mass is 32.1. The molecule has 2 aromatic carbocycles. The van der Waals surface area contributed by atoms with Crippen molar-refractivity contribution in [2.45, 2.75) is 0 Å². The molecule has 0 saturated carbocycles. The molecule has 2 amide bonds. The first-order chi connectivity index (χ1) is 17.8. The van der Waals surface area contributed by atoms with Crippen molar-refractivity contribution < 1.29 is 19.1 Å². The van der Waals surface area contributed by atoms with Crippen molar-refractivity contribution in [2.24, 2.45) is 5.73 Å². The molecule has 0 radical (unpaired) electrons. The van der Waals surface area contributed by atoms with Gasteiger partial charge in [-0.3, -0.25) is 14.5 Å². The zero-order valence-corrected chi connectivity index (χ0v) is 21.6. The van der Waals surface area contributed by atoms with E-state index in [9.17, 15) is 9.59 Å². The number of rotatable bonds is 10. The second-order valence-electron chi connectivity index (χ2n) is 8.61. The Hall–Kier alpha value is -3.87. The summed E-state index contributed by atoms with van der Waals surface area (Å²) in [6.07, 6.45) is 0. The Kier molecular flexibility index (Phi) is 8.43. The van der Waals surface area contributed by atoms with Crippen LogP contribution in [0.15, 0.2) is 42.5 Å². The Balaban J connectivity index is 1.37. The Morgan fingerprint density at radius 3 is 2.49 bits per heavy atom. The van der Waals surface area contributed by atoms with Crippen LogP contribution in [0.25, 0.3) is 0 Å². The number of hydrogen-bond donors (Lipinski definition) is 4. The molecule has 12 heteroatoms. The van der Waals surface area contributed by atoms with E-state index in [-0.39, 0.29) is 10.7 Å². The van der Waals surface area contributed by atoms with Gasteiger partial charge in [0.15, 0.2) is 10.8 Å². The number of methoxy groups -OCH3 is 1. The lowest BCUT2D eigenvalue weighted by Gasteiger charge is -2.32. The minimum atomic E-state index is -0.752. The third-order valence-electron chi connectivity index (χ3n) is 5.96. The zero-order chi connectivity index (χ0) is 26.4. The molecular formula is C25H31N7O4S. The van der Waals surface area contributed by atoms with Gasteiger partial charge in [-0.1, -0.05) is 11.3 Å². The molecule has 4 rings (SSSR count). The number of anilines is 4. The maximum atomic E-state index is 12.9.